The predicted octanol–water partition coefficient (Wildman–Crippen LogP) is 3.53. The van der Waals surface area contributed by atoms with Gasteiger partial charge in [0.25, 0.3) is 0 Å². The first-order valence-corrected chi connectivity index (χ1v) is 5.89. The van der Waals surface area contributed by atoms with Crippen LogP contribution < -0.4 is 5.73 Å². The summed E-state index contributed by atoms with van der Waals surface area (Å²) in [6.07, 6.45) is 1.71. The molecule has 0 amide bonds. The number of pyridine rings is 2. The summed E-state index contributed by atoms with van der Waals surface area (Å²) in [5.74, 6) is 0.475. The van der Waals surface area contributed by atoms with Gasteiger partial charge in [0.05, 0.1) is 0 Å². The van der Waals surface area contributed by atoms with Crippen LogP contribution in [0.1, 0.15) is 0 Å². The Kier molecular flexibility index (Phi) is 2.61. The van der Waals surface area contributed by atoms with Crippen LogP contribution in [0.25, 0.3) is 22.2 Å². The molecular formula is C14H10ClN3. The summed E-state index contributed by atoms with van der Waals surface area (Å²) in [6.45, 7) is 0. The van der Waals surface area contributed by atoms with E-state index in [9.17, 15) is 0 Å². The van der Waals surface area contributed by atoms with Gasteiger partial charge in [-0.1, -0.05) is 23.7 Å². The highest BCUT2D eigenvalue weighted by Crippen LogP contribution is 2.28. The summed E-state index contributed by atoms with van der Waals surface area (Å²) in [6, 6.07) is 13.4. The van der Waals surface area contributed by atoms with E-state index in [0.717, 1.165) is 16.5 Å². The average Bonchev–Trinajstić information content (AvgIpc) is 2.39. The number of rotatable bonds is 1. The van der Waals surface area contributed by atoms with Crippen molar-refractivity contribution in [1.82, 2.24) is 9.97 Å². The van der Waals surface area contributed by atoms with E-state index in [1.54, 1.807) is 6.20 Å². The normalized spacial score (nSPS) is 10.7. The highest BCUT2D eigenvalue weighted by molar-refractivity contribution is 6.30. The van der Waals surface area contributed by atoms with Gasteiger partial charge in [-0.25, -0.2) is 9.97 Å². The molecule has 3 nitrogen and oxygen atoms in total. The summed E-state index contributed by atoms with van der Waals surface area (Å²) in [5, 5.41) is 1.67. The third kappa shape index (κ3) is 1.89. The van der Waals surface area contributed by atoms with E-state index >= 15 is 0 Å². The van der Waals surface area contributed by atoms with Gasteiger partial charge >= 0.3 is 0 Å². The van der Waals surface area contributed by atoms with Crippen molar-refractivity contribution in [3.63, 3.8) is 0 Å². The molecular weight excluding hydrogens is 246 g/mol. The Hall–Kier alpha value is -2.13. The van der Waals surface area contributed by atoms with E-state index in [0.29, 0.717) is 16.5 Å². The first-order valence-electron chi connectivity index (χ1n) is 5.51. The maximum Gasteiger partial charge on any atom is 0.161 e. The van der Waals surface area contributed by atoms with Crippen LogP contribution in [0.3, 0.4) is 0 Å². The van der Waals surface area contributed by atoms with Crippen molar-refractivity contribution in [1.29, 1.82) is 0 Å². The lowest BCUT2D eigenvalue weighted by atomic mass is 10.1. The number of benzene rings is 1. The molecule has 0 aliphatic rings. The number of fused-ring (bicyclic) bond motifs is 1. The fourth-order valence-corrected chi connectivity index (χ4v) is 2.01. The molecule has 0 saturated carbocycles. The van der Waals surface area contributed by atoms with E-state index in [1.165, 1.54) is 0 Å². The summed E-state index contributed by atoms with van der Waals surface area (Å²) in [4.78, 5) is 8.49. The van der Waals surface area contributed by atoms with Gasteiger partial charge in [0, 0.05) is 22.2 Å². The Balaban J connectivity index is 2.22. The van der Waals surface area contributed by atoms with Crippen LogP contribution in [0, 0.1) is 0 Å². The van der Waals surface area contributed by atoms with Gasteiger partial charge in [-0.15, -0.1) is 0 Å². The first-order chi connectivity index (χ1) is 8.74. The summed E-state index contributed by atoms with van der Waals surface area (Å²) < 4.78 is 0. The van der Waals surface area contributed by atoms with Gasteiger partial charge in [-0.3, -0.25) is 0 Å². The van der Waals surface area contributed by atoms with Crippen LogP contribution in [0.15, 0.2) is 48.7 Å². The maximum absolute atomic E-state index is 5.97. The van der Waals surface area contributed by atoms with Crippen LogP contribution in [-0.4, -0.2) is 9.97 Å². The molecule has 0 radical (unpaired) electrons. The van der Waals surface area contributed by atoms with Crippen molar-refractivity contribution >= 4 is 28.5 Å². The number of anilines is 1. The summed E-state index contributed by atoms with van der Waals surface area (Å²) in [5.41, 5.74) is 8.52. The smallest absolute Gasteiger partial charge is 0.161 e. The van der Waals surface area contributed by atoms with Gasteiger partial charge in [0.1, 0.15) is 5.82 Å². The second-order valence-electron chi connectivity index (χ2n) is 3.98. The van der Waals surface area contributed by atoms with E-state index < -0.39 is 0 Å². The second-order valence-corrected chi connectivity index (χ2v) is 4.41. The second kappa shape index (κ2) is 4.27. The van der Waals surface area contributed by atoms with Crippen LogP contribution in [0.4, 0.5) is 5.82 Å². The Morgan fingerprint density at radius 2 is 1.83 bits per heavy atom. The number of aromatic nitrogens is 2. The van der Waals surface area contributed by atoms with Crippen molar-refractivity contribution in [3.8, 4) is 11.1 Å². The lowest BCUT2D eigenvalue weighted by molar-refractivity contribution is 1.29. The number of nitrogens with zero attached hydrogens (tertiary/aromatic N) is 2. The molecule has 0 aliphatic carbocycles. The zero-order chi connectivity index (χ0) is 12.5. The molecule has 0 atom stereocenters. The molecule has 3 rings (SSSR count). The predicted molar refractivity (Wildman–Crippen MR) is 74.4 cm³/mol. The van der Waals surface area contributed by atoms with Crippen molar-refractivity contribution in [2.24, 2.45) is 0 Å². The highest BCUT2D eigenvalue weighted by Gasteiger charge is 2.06. The minimum atomic E-state index is 0.475. The molecule has 2 N–H and O–H groups in total. The van der Waals surface area contributed by atoms with E-state index in [-0.39, 0.29) is 0 Å². The molecule has 2 heterocycles. The molecule has 88 valence electrons. The topological polar surface area (TPSA) is 51.8 Å². The Bertz CT molecular complexity index is 708. The van der Waals surface area contributed by atoms with Gasteiger partial charge in [-0.2, -0.15) is 0 Å². The van der Waals surface area contributed by atoms with Crippen molar-refractivity contribution in [3.05, 3.63) is 53.7 Å². The summed E-state index contributed by atoms with van der Waals surface area (Å²) >= 11 is 5.88. The average molecular weight is 256 g/mol. The zero-order valence-corrected chi connectivity index (χ0v) is 10.2. The highest BCUT2D eigenvalue weighted by atomic mass is 35.5. The molecule has 2 aromatic heterocycles. The fraction of sp³-hybridized carbons (Fsp3) is 0. The van der Waals surface area contributed by atoms with E-state index in [2.05, 4.69) is 9.97 Å². The fourth-order valence-electron chi connectivity index (χ4n) is 1.88. The molecule has 0 spiro atoms. The molecule has 0 bridgehead atoms. The standard InChI is InChI=1S/C14H10ClN3/c15-11-5-3-9(4-6-11)12-8-10-2-1-7-17-14(10)18-13(12)16/h1-8H,(H2,16,17,18). The van der Waals surface area contributed by atoms with Gasteiger partial charge < -0.3 is 5.73 Å². The van der Waals surface area contributed by atoms with Crippen molar-refractivity contribution < 1.29 is 0 Å². The van der Waals surface area contributed by atoms with Gasteiger partial charge in [0.15, 0.2) is 5.65 Å². The zero-order valence-electron chi connectivity index (χ0n) is 9.47. The van der Waals surface area contributed by atoms with Crippen LogP contribution >= 0.6 is 11.6 Å². The quantitative estimate of drug-likeness (QED) is 0.724. The molecule has 0 saturated heterocycles. The van der Waals surface area contributed by atoms with Crippen LogP contribution in [-0.2, 0) is 0 Å². The maximum atomic E-state index is 5.97. The monoisotopic (exact) mass is 255 g/mol. The number of nitrogen functional groups attached to an aromatic ring is 1. The van der Waals surface area contributed by atoms with Crippen molar-refractivity contribution in [2.75, 3.05) is 5.73 Å². The number of hydrogen-bond donors (Lipinski definition) is 1. The Morgan fingerprint density at radius 1 is 1.06 bits per heavy atom. The number of hydrogen-bond acceptors (Lipinski definition) is 3. The minimum absolute atomic E-state index is 0.475. The molecule has 0 unspecified atom stereocenters. The molecule has 3 aromatic rings. The third-order valence-electron chi connectivity index (χ3n) is 2.77. The molecule has 0 fully saturated rings. The van der Waals surface area contributed by atoms with Crippen LogP contribution in [0.5, 0.6) is 0 Å². The van der Waals surface area contributed by atoms with Gasteiger partial charge in [-0.05, 0) is 35.9 Å². The first kappa shape index (κ1) is 11.0. The van der Waals surface area contributed by atoms with Crippen molar-refractivity contribution in [2.45, 2.75) is 0 Å². The Morgan fingerprint density at radius 3 is 2.61 bits per heavy atom. The molecule has 1 aromatic carbocycles. The molecule has 4 heteroatoms. The van der Waals surface area contributed by atoms with E-state index in [4.69, 9.17) is 17.3 Å². The Labute approximate surface area is 109 Å². The molecule has 18 heavy (non-hydrogen) atoms. The molecule has 0 aliphatic heterocycles. The SMILES string of the molecule is Nc1nc2ncccc2cc1-c1ccc(Cl)cc1. The van der Waals surface area contributed by atoms with E-state index in [1.807, 2.05) is 42.5 Å². The number of nitrogens with two attached hydrogens (primary N) is 1. The number of halogens is 1. The lowest BCUT2D eigenvalue weighted by Crippen LogP contribution is -1.96. The largest absolute Gasteiger partial charge is 0.383 e. The lowest BCUT2D eigenvalue weighted by Gasteiger charge is -2.06. The summed E-state index contributed by atoms with van der Waals surface area (Å²) in [7, 11) is 0. The minimum Gasteiger partial charge on any atom is -0.383 e. The van der Waals surface area contributed by atoms with Crippen LogP contribution in [0.2, 0.25) is 5.02 Å². The van der Waals surface area contributed by atoms with Gasteiger partial charge in [0.2, 0.25) is 0 Å². The third-order valence-corrected chi connectivity index (χ3v) is 3.03.